The Morgan fingerprint density at radius 2 is 1.80 bits per heavy atom. The molecule has 1 aromatic heterocycles. The molecule has 20 heavy (non-hydrogen) atoms. The summed E-state index contributed by atoms with van der Waals surface area (Å²) in [6, 6.07) is 0. The van der Waals surface area contributed by atoms with Gasteiger partial charge in [-0.25, -0.2) is 4.39 Å². The van der Waals surface area contributed by atoms with Gasteiger partial charge in [-0.1, -0.05) is 0 Å². The molecule has 1 aliphatic heterocycles. The van der Waals surface area contributed by atoms with E-state index in [4.69, 9.17) is 19.0 Å². The molecule has 114 valence electrons. The monoisotopic (exact) mass is 292 g/mol. The van der Waals surface area contributed by atoms with Crippen LogP contribution in [-0.4, -0.2) is 57.7 Å². The largest absolute Gasteiger partial charge is 0.472 e. The van der Waals surface area contributed by atoms with E-state index in [1.807, 2.05) is 0 Å². The predicted molar refractivity (Wildman–Crippen MR) is 62.1 cm³/mol. The van der Waals surface area contributed by atoms with Crippen molar-refractivity contribution in [3.8, 4) is 0 Å². The van der Waals surface area contributed by atoms with Crippen molar-refractivity contribution in [2.45, 2.75) is 44.0 Å². The summed E-state index contributed by atoms with van der Waals surface area (Å²) in [5.41, 5.74) is 0.763. The third-order valence-electron chi connectivity index (χ3n) is 3.23. The van der Waals surface area contributed by atoms with Gasteiger partial charge in [-0.15, -0.1) is 0 Å². The van der Waals surface area contributed by atoms with Gasteiger partial charge in [-0.2, -0.15) is 0 Å². The lowest BCUT2D eigenvalue weighted by atomic mass is 9.99. The lowest BCUT2D eigenvalue weighted by molar-refractivity contribution is -0.304. The molecule has 1 saturated heterocycles. The second-order valence-corrected chi connectivity index (χ2v) is 4.56. The van der Waals surface area contributed by atoms with Crippen LogP contribution in [-0.2, 0) is 22.8 Å². The molecule has 7 nitrogen and oxygen atoms in total. The van der Waals surface area contributed by atoms with Gasteiger partial charge in [0.2, 0.25) is 0 Å². The zero-order valence-electron chi connectivity index (χ0n) is 10.6. The minimum absolute atomic E-state index is 0.0988. The maximum Gasteiger partial charge on any atom is 0.187 e. The predicted octanol–water partition coefficient (Wildman–Crippen LogP) is -0.934. The van der Waals surface area contributed by atoms with Crippen molar-refractivity contribution in [2.75, 3.05) is 6.61 Å². The fraction of sp³-hybridized carbons (Fsp3) is 0.667. The number of aliphatic hydroxyl groups excluding tert-OH is 4. The third kappa shape index (κ3) is 3.00. The topological polar surface area (TPSA) is 113 Å². The van der Waals surface area contributed by atoms with Crippen molar-refractivity contribution in [3.63, 3.8) is 0 Å². The summed E-state index contributed by atoms with van der Waals surface area (Å²) in [4.78, 5) is 0. The maximum atomic E-state index is 12.6. The van der Waals surface area contributed by atoms with Crippen molar-refractivity contribution >= 4 is 0 Å². The maximum absolute atomic E-state index is 12.6. The molecule has 0 saturated carbocycles. The van der Waals surface area contributed by atoms with Crippen molar-refractivity contribution in [3.05, 3.63) is 23.7 Å². The Balaban J connectivity index is 1.98. The van der Waals surface area contributed by atoms with Gasteiger partial charge in [-0.3, -0.25) is 0 Å². The SMILES string of the molecule is OC[C@H]1OC(OCc2cocc2CF)[C@H](O)[C@@H](O)[C@H]1O. The van der Waals surface area contributed by atoms with Crippen LogP contribution in [0.5, 0.6) is 0 Å². The summed E-state index contributed by atoms with van der Waals surface area (Å²) < 4.78 is 27.8. The first kappa shape index (κ1) is 15.4. The van der Waals surface area contributed by atoms with E-state index in [1.165, 1.54) is 12.5 Å². The molecule has 2 heterocycles. The van der Waals surface area contributed by atoms with Crippen LogP contribution in [0.2, 0.25) is 0 Å². The van der Waals surface area contributed by atoms with Gasteiger partial charge in [0.25, 0.3) is 0 Å². The quantitative estimate of drug-likeness (QED) is 0.554. The Bertz CT molecular complexity index is 422. The molecule has 1 aromatic rings. The Labute approximate surface area is 114 Å². The number of hydrogen-bond acceptors (Lipinski definition) is 7. The smallest absolute Gasteiger partial charge is 0.187 e. The van der Waals surface area contributed by atoms with Crippen molar-refractivity contribution in [2.24, 2.45) is 0 Å². The first-order valence-electron chi connectivity index (χ1n) is 6.10. The molecular weight excluding hydrogens is 275 g/mol. The van der Waals surface area contributed by atoms with Gasteiger partial charge in [0.1, 0.15) is 31.1 Å². The van der Waals surface area contributed by atoms with Crippen LogP contribution >= 0.6 is 0 Å². The van der Waals surface area contributed by atoms with Gasteiger partial charge in [0, 0.05) is 11.1 Å². The van der Waals surface area contributed by atoms with Gasteiger partial charge in [-0.05, 0) is 0 Å². The molecule has 4 N–H and O–H groups in total. The highest BCUT2D eigenvalue weighted by atomic mass is 19.1. The molecular formula is C12H17FO7. The molecule has 1 fully saturated rings. The molecule has 0 bridgehead atoms. The van der Waals surface area contributed by atoms with E-state index in [2.05, 4.69) is 0 Å². The van der Waals surface area contributed by atoms with E-state index in [1.54, 1.807) is 0 Å². The molecule has 0 spiro atoms. The Morgan fingerprint density at radius 3 is 2.45 bits per heavy atom. The highest BCUT2D eigenvalue weighted by Gasteiger charge is 2.44. The molecule has 0 aliphatic carbocycles. The molecule has 0 radical (unpaired) electrons. The third-order valence-corrected chi connectivity index (χ3v) is 3.23. The summed E-state index contributed by atoms with van der Waals surface area (Å²) >= 11 is 0. The second-order valence-electron chi connectivity index (χ2n) is 4.56. The summed E-state index contributed by atoms with van der Waals surface area (Å²) in [7, 11) is 0. The van der Waals surface area contributed by atoms with Crippen LogP contribution in [0.1, 0.15) is 11.1 Å². The standard InChI is InChI=1S/C12H17FO7/c13-1-6-3-18-4-7(6)5-19-12-11(17)10(16)9(15)8(2-14)20-12/h3-4,8-12,14-17H,1-2,5H2/t8-,9+,10+,11-,12?/m1/s1. The lowest BCUT2D eigenvalue weighted by Gasteiger charge is -2.39. The molecule has 0 aromatic carbocycles. The summed E-state index contributed by atoms with van der Waals surface area (Å²) in [6.07, 6.45) is -4.16. The summed E-state index contributed by atoms with van der Waals surface area (Å²) in [5, 5.41) is 37.9. The summed E-state index contributed by atoms with van der Waals surface area (Å²) in [5.74, 6) is 0. The first-order valence-corrected chi connectivity index (χ1v) is 6.10. The lowest BCUT2D eigenvalue weighted by Crippen LogP contribution is -2.59. The molecule has 5 atom stereocenters. The molecule has 1 aliphatic rings. The van der Waals surface area contributed by atoms with Crippen LogP contribution in [0, 0.1) is 0 Å². The highest BCUT2D eigenvalue weighted by Crippen LogP contribution is 2.23. The van der Waals surface area contributed by atoms with E-state index in [9.17, 15) is 19.7 Å². The zero-order chi connectivity index (χ0) is 14.7. The number of ether oxygens (including phenoxy) is 2. The van der Waals surface area contributed by atoms with Crippen molar-refractivity contribution in [1.29, 1.82) is 0 Å². The Kier molecular flexibility index (Phi) is 5.08. The molecule has 2 rings (SSSR count). The van der Waals surface area contributed by atoms with Crippen LogP contribution in [0.3, 0.4) is 0 Å². The minimum atomic E-state index is -1.50. The van der Waals surface area contributed by atoms with E-state index < -0.39 is 44.0 Å². The number of hydrogen-bond donors (Lipinski definition) is 4. The van der Waals surface area contributed by atoms with Crippen LogP contribution in [0.25, 0.3) is 0 Å². The van der Waals surface area contributed by atoms with Crippen molar-refractivity contribution < 1.29 is 38.7 Å². The van der Waals surface area contributed by atoms with E-state index in [0.29, 0.717) is 11.1 Å². The first-order chi connectivity index (χ1) is 9.58. The second kappa shape index (κ2) is 6.61. The average molecular weight is 292 g/mol. The summed E-state index contributed by atoms with van der Waals surface area (Å²) in [6.45, 7) is -1.35. The van der Waals surface area contributed by atoms with Gasteiger partial charge < -0.3 is 34.3 Å². The van der Waals surface area contributed by atoms with Gasteiger partial charge in [0.05, 0.1) is 25.7 Å². The van der Waals surface area contributed by atoms with Crippen LogP contribution in [0.15, 0.2) is 16.9 Å². The zero-order valence-corrected chi connectivity index (χ0v) is 10.6. The average Bonchev–Trinajstić information content (AvgIpc) is 2.91. The van der Waals surface area contributed by atoms with Gasteiger partial charge >= 0.3 is 0 Å². The van der Waals surface area contributed by atoms with E-state index in [-0.39, 0.29) is 6.61 Å². The number of aliphatic hydroxyl groups is 4. The number of rotatable bonds is 5. The number of halogens is 1. The van der Waals surface area contributed by atoms with Crippen LogP contribution in [0.4, 0.5) is 4.39 Å². The van der Waals surface area contributed by atoms with Crippen LogP contribution < -0.4 is 0 Å². The normalized spacial score (nSPS) is 34.4. The Morgan fingerprint density at radius 1 is 1.10 bits per heavy atom. The number of furan rings is 1. The minimum Gasteiger partial charge on any atom is -0.472 e. The molecule has 0 amide bonds. The van der Waals surface area contributed by atoms with E-state index >= 15 is 0 Å². The fourth-order valence-electron chi connectivity index (χ4n) is 1.97. The molecule has 1 unspecified atom stereocenters. The number of alkyl halides is 1. The highest BCUT2D eigenvalue weighted by molar-refractivity contribution is 5.19. The molecule has 8 heteroatoms. The van der Waals surface area contributed by atoms with Crippen molar-refractivity contribution in [1.82, 2.24) is 0 Å². The Hall–Kier alpha value is -1.03. The fourth-order valence-corrected chi connectivity index (χ4v) is 1.97. The van der Waals surface area contributed by atoms with E-state index in [0.717, 1.165) is 0 Å². The van der Waals surface area contributed by atoms with Gasteiger partial charge in [0.15, 0.2) is 6.29 Å².